The predicted octanol–water partition coefficient (Wildman–Crippen LogP) is 2.07. The lowest BCUT2D eigenvalue weighted by molar-refractivity contribution is 0.0229. The van der Waals surface area contributed by atoms with Crippen molar-refractivity contribution in [3.05, 3.63) is 0 Å². The zero-order valence-corrected chi connectivity index (χ0v) is 9.73. The van der Waals surface area contributed by atoms with Crippen molar-refractivity contribution in [1.82, 2.24) is 4.90 Å². The molecule has 88 valence electrons. The van der Waals surface area contributed by atoms with Gasteiger partial charge in [-0.15, -0.1) is 0 Å². The van der Waals surface area contributed by atoms with E-state index in [2.05, 4.69) is 0 Å². The summed E-state index contributed by atoms with van der Waals surface area (Å²) in [6, 6.07) is -0.0359. The molecule has 1 rings (SSSR count). The Labute approximate surface area is 90.9 Å². The summed E-state index contributed by atoms with van der Waals surface area (Å²) in [6.45, 7) is 5.67. The van der Waals surface area contributed by atoms with Crippen LogP contribution in [0.2, 0.25) is 0 Å². The fourth-order valence-electron chi connectivity index (χ4n) is 2.36. The Morgan fingerprint density at radius 3 is 2.33 bits per heavy atom. The Balaban J connectivity index is 2.76. The Bertz CT molecular complexity index is 234. The molecule has 1 aliphatic rings. The van der Waals surface area contributed by atoms with Crippen LogP contribution in [0.1, 0.15) is 46.5 Å². The van der Waals surface area contributed by atoms with E-state index in [9.17, 15) is 15.0 Å². The summed E-state index contributed by atoms with van der Waals surface area (Å²) in [7, 11) is 0. The number of hydrogen-bond donors (Lipinski definition) is 2. The van der Waals surface area contributed by atoms with Gasteiger partial charge in [-0.2, -0.15) is 0 Å². The number of rotatable bonds is 1. The van der Waals surface area contributed by atoms with E-state index >= 15 is 0 Å². The third kappa shape index (κ3) is 3.09. The summed E-state index contributed by atoms with van der Waals surface area (Å²) in [5.74, 6) is 0. The first kappa shape index (κ1) is 12.3. The molecule has 0 aromatic carbocycles. The maximum absolute atomic E-state index is 11.2. The Morgan fingerprint density at radius 2 is 1.93 bits per heavy atom. The predicted molar refractivity (Wildman–Crippen MR) is 57.9 cm³/mol. The van der Waals surface area contributed by atoms with Gasteiger partial charge < -0.3 is 15.1 Å². The number of amides is 1. The molecule has 0 heterocycles. The van der Waals surface area contributed by atoms with Gasteiger partial charge in [0.05, 0.1) is 6.10 Å². The lowest BCUT2D eigenvalue weighted by Gasteiger charge is -2.42. The quantitative estimate of drug-likeness (QED) is 0.704. The standard InChI is InChI=1S/C11H21NO3/c1-11(2,3)12(10(14)15)8-5-4-6-9(13)7-8/h8-9,13H,4-7H2,1-3H3,(H,14,15)/t8-,9+/m0/s1. The van der Waals surface area contributed by atoms with Crippen molar-refractivity contribution >= 4 is 6.09 Å². The normalized spacial score (nSPS) is 27.5. The smallest absolute Gasteiger partial charge is 0.407 e. The molecule has 2 atom stereocenters. The summed E-state index contributed by atoms with van der Waals surface area (Å²) < 4.78 is 0. The fraction of sp³-hybridized carbons (Fsp3) is 0.909. The van der Waals surface area contributed by atoms with Crippen LogP contribution in [0, 0.1) is 0 Å². The van der Waals surface area contributed by atoms with Gasteiger partial charge in [-0.3, -0.25) is 0 Å². The average molecular weight is 215 g/mol. The zero-order chi connectivity index (χ0) is 11.6. The van der Waals surface area contributed by atoms with Crippen LogP contribution in [0.4, 0.5) is 4.79 Å². The molecule has 1 fully saturated rings. The first-order chi connectivity index (χ1) is 6.82. The Kier molecular flexibility index (Phi) is 3.60. The van der Waals surface area contributed by atoms with E-state index in [-0.39, 0.29) is 12.1 Å². The highest BCUT2D eigenvalue weighted by molar-refractivity contribution is 5.66. The van der Waals surface area contributed by atoms with E-state index in [1.807, 2.05) is 20.8 Å². The largest absolute Gasteiger partial charge is 0.465 e. The van der Waals surface area contributed by atoms with Crippen molar-refractivity contribution in [3.8, 4) is 0 Å². The molecule has 1 amide bonds. The van der Waals surface area contributed by atoms with Gasteiger partial charge in [0.15, 0.2) is 0 Å². The number of nitrogens with zero attached hydrogens (tertiary/aromatic N) is 1. The van der Waals surface area contributed by atoms with Gasteiger partial charge in [0.25, 0.3) is 0 Å². The number of aliphatic hydroxyl groups is 1. The minimum Gasteiger partial charge on any atom is -0.465 e. The zero-order valence-electron chi connectivity index (χ0n) is 9.73. The van der Waals surface area contributed by atoms with E-state index in [0.717, 1.165) is 19.3 Å². The molecule has 4 heteroatoms. The third-order valence-electron chi connectivity index (χ3n) is 2.91. The van der Waals surface area contributed by atoms with Gasteiger partial charge >= 0.3 is 6.09 Å². The molecule has 4 nitrogen and oxygen atoms in total. The van der Waals surface area contributed by atoms with Gasteiger partial charge in [-0.1, -0.05) is 0 Å². The molecular formula is C11H21NO3. The molecule has 0 aliphatic heterocycles. The molecule has 15 heavy (non-hydrogen) atoms. The highest BCUT2D eigenvalue weighted by Gasteiger charge is 2.35. The highest BCUT2D eigenvalue weighted by Crippen LogP contribution is 2.28. The molecule has 0 spiro atoms. The number of carbonyl (C=O) groups is 1. The van der Waals surface area contributed by atoms with Crippen molar-refractivity contribution in [2.45, 2.75) is 64.1 Å². The molecule has 0 aromatic rings. The summed E-state index contributed by atoms with van der Waals surface area (Å²) >= 11 is 0. The summed E-state index contributed by atoms with van der Waals surface area (Å²) in [5, 5.41) is 18.7. The molecule has 0 radical (unpaired) electrons. The maximum Gasteiger partial charge on any atom is 0.407 e. The van der Waals surface area contributed by atoms with Crippen molar-refractivity contribution in [2.75, 3.05) is 0 Å². The van der Waals surface area contributed by atoms with Crippen LogP contribution in [-0.2, 0) is 0 Å². The van der Waals surface area contributed by atoms with Gasteiger partial charge in [0, 0.05) is 11.6 Å². The first-order valence-electron chi connectivity index (χ1n) is 5.52. The molecule has 0 unspecified atom stereocenters. The second-order valence-electron chi connectivity index (χ2n) is 5.30. The SMILES string of the molecule is CC(C)(C)N(C(=O)O)[C@H]1CCC[C@@H](O)C1. The van der Waals surface area contributed by atoms with Crippen LogP contribution in [0.3, 0.4) is 0 Å². The van der Waals surface area contributed by atoms with E-state index in [1.165, 1.54) is 4.90 Å². The fourth-order valence-corrected chi connectivity index (χ4v) is 2.36. The second-order valence-corrected chi connectivity index (χ2v) is 5.30. The Hall–Kier alpha value is -0.770. The van der Waals surface area contributed by atoms with E-state index in [4.69, 9.17) is 0 Å². The maximum atomic E-state index is 11.2. The third-order valence-corrected chi connectivity index (χ3v) is 2.91. The second kappa shape index (κ2) is 4.39. The molecule has 0 saturated heterocycles. The van der Waals surface area contributed by atoms with Crippen LogP contribution in [0.15, 0.2) is 0 Å². The molecule has 1 saturated carbocycles. The molecule has 0 bridgehead atoms. The lowest BCUT2D eigenvalue weighted by atomic mass is 9.89. The summed E-state index contributed by atoms with van der Waals surface area (Å²) in [4.78, 5) is 12.7. The van der Waals surface area contributed by atoms with Crippen LogP contribution >= 0.6 is 0 Å². The van der Waals surface area contributed by atoms with Crippen LogP contribution in [0.5, 0.6) is 0 Å². The van der Waals surface area contributed by atoms with Gasteiger partial charge in [0.1, 0.15) is 0 Å². The van der Waals surface area contributed by atoms with Crippen LogP contribution in [0.25, 0.3) is 0 Å². The number of carboxylic acid groups (broad SMARTS) is 1. The molecule has 0 aromatic heterocycles. The number of hydrogen-bond acceptors (Lipinski definition) is 2. The van der Waals surface area contributed by atoms with Crippen LogP contribution < -0.4 is 0 Å². The van der Waals surface area contributed by atoms with Crippen molar-refractivity contribution in [2.24, 2.45) is 0 Å². The summed E-state index contributed by atoms with van der Waals surface area (Å²) in [5.41, 5.74) is -0.395. The molecule has 1 aliphatic carbocycles. The van der Waals surface area contributed by atoms with Crippen LogP contribution in [-0.4, -0.2) is 38.9 Å². The van der Waals surface area contributed by atoms with Gasteiger partial charge in [-0.25, -0.2) is 4.79 Å². The first-order valence-corrected chi connectivity index (χ1v) is 5.52. The molecule has 2 N–H and O–H groups in total. The molecular weight excluding hydrogens is 194 g/mol. The van der Waals surface area contributed by atoms with Gasteiger partial charge in [-0.05, 0) is 46.5 Å². The highest BCUT2D eigenvalue weighted by atomic mass is 16.4. The lowest BCUT2D eigenvalue weighted by Crippen LogP contribution is -2.53. The summed E-state index contributed by atoms with van der Waals surface area (Å²) in [6.07, 6.45) is 1.92. The Morgan fingerprint density at radius 1 is 1.33 bits per heavy atom. The van der Waals surface area contributed by atoms with Crippen molar-refractivity contribution < 1.29 is 15.0 Å². The van der Waals surface area contributed by atoms with Crippen molar-refractivity contribution in [1.29, 1.82) is 0 Å². The van der Waals surface area contributed by atoms with Crippen molar-refractivity contribution in [3.63, 3.8) is 0 Å². The topological polar surface area (TPSA) is 60.8 Å². The van der Waals surface area contributed by atoms with Gasteiger partial charge in [0.2, 0.25) is 0 Å². The monoisotopic (exact) mass is 215 g/mol. The minimum atomic E-state index is -0.887. The minimum absolute atomic E-state index is 0.0359. The van der Waals surface area contributed by atoms with E-state index in [0.29, 0.717) is 6.42 Å². The number of aliphatic hydroxyl groups excluding tert-OH is 1. The average Bonchev–Trinajstić information content (AvgIpc) is 1.99. The van der Waals surface area contributed by atoms with E-state index < -0.39 is 11.6 Å². The van der Waals surface area contributed by atoms with E-state index in [1.54, 1.807) is 0 Å².